The van der Waals surface area contributed by atoms with Crippen molar-refractivity contribution in [2.75, 3.05) is 18.2 Å². The highest BCUT2D eigenvalue weighted by Crippen LogP contribution is 2.25. The minimum Gasteiger partial charge on any atom is -0.354 e. The SMILES string of the molecule is CC(C)CNC(=O)C1CSCN1C(=O)CCc1nc2ccccc2n1-c1ccccc1. The Morgan fingerprint density at radius 2 is 1.87 bits per heavy atom. The van der Waals surface area contributed by atoms with Gasteiger partial charge in [0.2, 0.25) is 11.8 Å². The number of hydrogen-bond acceptors (Lipinski definition) is 4. The maximum Gasteiger partial charge on any atom is 0.243 e. The zero-order chi connectivity index (χ0) is 21.8. The lowest BCUT2D eigenvalue weighted by atomic mass is 10.2. The van der Waals surface area contributed by atoms with Gasteiger partial charge in [-0.05, 0) is 30.2 Å². The fraction of sp³-hybridized carbons (Fsp3) is 0.375. The Bertz CT molecular complexity index is 1060. The largest absolute Gasteiger partial charge is 0.354 e. The third-order valence-electron chi connectivity index (χ3n) is 5.40. The Balaban J connectivity index is 1.50. The van der Waals surface area contributed by atoms with E-state index in [0.29, 0.717) is 36.9 Å². The zero-order valence-corrected chi connectivity index (χ0v) is 18.8. The van der Waals surface area contributed by atoms with E-state index in [-0.39, 0.29) is 17.9 Å². The first kappa shape index (κ1) is 21.4. The van der Waals surface area contributed by atoms with Gasteiger partial charge in [0.15, 0.2) is 0 Å². The monoisotopic (exact) mass is 436 g/mol. The maximum atomic E-state index is 13.0. The van der Waals surface area contributed by atoms with Crippen molar-refractivity contribution < 1.29 is 9.59 Å². The molecule has 0 saturated carbocycles. The normalized spacial score (nSPS) is 16.2. The van der Waals surface area contributed by atoms with Gasteiger partial charge in [0, 0.05) is 30.8 Å². The van der Waals surface area contributed by atoms with Crippen molar-refractivity contribution in [3.8, 4) is 5.69 Å². The number of nitrogens with zero attached hydrogens (tertiary/aromatic N) is 3. The number of thioether (sulfide) groups is 1. The van der Waals surface area contributed by atoms with Gasteiger partial charge in [-0.25, -0.2) is 4.98 Å². The first-order chi connectivity index (χ1) is 15.0. The lowest BCUT2D eigenvalue weighted by Crippen LogP contribution is -2.48. The van der Waals surface area contributed by atoms with E-state index in [2.05, 4.69) is 23.7 Å². The van der Waals surface area contributed by atoms with Crippen molar-refractivity contribution in [3.63, 3.8) is 0 Å². The summed E-state index contributed by atoms with van der Waals surface area (Å²) in [5.41, 5.74) is 2.97. The van der Waals surface area contributed by atoms with Gasteiger partial charge >= 0.3 is 0 Å². The number of aromatic nitrogens is 2. The third-order valence-corrected chi connectivity index (χ3v) is 6.41. The van der Waals surface area contributed by atoms with E-state index in [1.165, 1.54) is 0 Å². The third kappa shape index (κ3) is 4.77. The summed E-state index contributed by atoms with van der Waals surface area (Å²) < 4.78 is 2.12. The van der Waals surface area contributed by atoms with Crippen LogP contribution in [0.15, 0.2) is 54.6 Å². The highest BCUT2D eigenvalue weighted by molar-refractivity contribution is 7.99. The molecule has 3 aromatic rings. The van der Waals surface area contributed by atoms with E-state index >= 15 is 0 Å². The predicted octanol–water partition coefficient (Wildman–Crippen LogP) is 3.63. The van der Waals surface area contributed by atoms with Crippen LogP contribution in [0.4, 0.5) is 0 Å². The number of rotatable bonds is 7. The number of imidazole rings is 1. The summed E-state index contributed by atoms with van der Waals surface area (Å²) in [6.45, 7) is 4.75. The Morgan fingerprint density at radius 1 is 1.13 bits per heavy atom. The number of benzene rings is 2. The molecule has 2 amide bonds. The molecule has 4 rings (SSSR count). The van der Waals surface area contributed by atoms with Gasteiger partial charge < -0.3 is 10.2 Å². The molecular weight excluding hydrogens is 408 g/mol. The Labute approximate surface area is 187 Å². The highest BCUT2D eigenvalue weighted by atomic mass is 32.2. The van der Waals surface area contributed by atoms with Crippen LogP contribution in [0.3, 0.4) is 0 Å². The summed E-state index contributed by atoms with van der Waals surface area (Å²) in [7, 11) is 0. The highest BCUT2D eigenvalue weighted by Gasteiger charge is 2.34. The molecule has 1 fully saturated rings. The molecule has 1 aromatic heterocycles. The maximum absolute atomic E-state index is 13.0. The quantitative estimate of drug-likeness (QED) is 0.614. The second kappa shape index (κ2) is 9.56. The number of hydrogen-bond donors (Lipinski definition) is 1. The van der Waals surface area contributed by atoms with Gasteiger partial charge in [-0.1, -0.05) is 44.2 Å². The smallest absolute Gasteiger partial charge is 0.243 e. The number of carbonyl (C=O) groups is 2. The average molecular weight is 437 g/mol. The lowest BCUT2D eigenvalue weighted by molar-refractivity contribution is -0.138. The van der Waals surface area contributed by atoms with E-state index in [0.717, 1.165) is 22.5 Å². The van der Waals surface area contributed by atoms with Crippen LogP contribution in [-0.4, -0.2) is 50.5 Å². The Kier molecular flexibility index (Phi) is 6.61. The summed E-state index contributed by atoms with van der Waals surface area (Å²) in [5.74, 6) is 2.40. The zero-order valence-electron chi connectivity index (χ0n) is 18.0. The first-order valence-electron chi connectivity index (χ1n) is 10.7. The van der Waals surface area contributed by atoms with E-state index in [4.69, 9.17) is 4.98 Å². The molecule has 1 N–H and O–H groups in total. The molecule has 162 valence electrons. The molecule has 1 aliphatic heterocycles. The minimum atomic E-state index is -0.385. The van der Waals surface area contributed by atoms with E-state index in [9.17, 15) is 9.59 Å². The van der Waals surface area contributed by atoms with Crippen LogP contribution in [0.5, 0.6) is 0 Å². The molecule has 2 aromatic carbocycles. The molecule has 1 saturated heterocycles. The van der Waals surface area contributed by atoms with Crippen LogP contribution in [0.25, 0.3) is 16.7 Å². The van der Waals surface area contributed by atoms with Crippen molar-refractivity contribution in [2.24, 2.45) is 5.92 Å². The molecule has 0 bridgehead atoms. The van der Waals surface area contributed by atoms with Crippen molar-refractivity contribution in [3.05, 3.63) is 60.4 Å². The van der Waals surface area contributed by atoms with Gasteiger partial charge in [-0.15, -0.1) is 11.8 Å². The number of aryl methyl sites for hydroxylation is 1. The fourth-order valence-corrected chi connectivity index (χ4v) is 4.98. The summed E-state index contributed by atoms with van der Waals surface area (Å²) in [6.07, 6.45) is 0.842. The number of amides is 2. The molecule has 6 nitrogen and oxygen atoms in total. The molecule has 0 radical (unpaired) electrons. The number of carbonyl (C=O) groups excluding carboxylic acids is 2. The Hall–Kier alpha value is -2.80. The minimum absolute atomic E-state index is 0.00126. The molecule has 0 aliphatic carbocycles. The molecule has 1 aliphatic rings. The first-order valence-corrected chi connectivity index (χ1v) is 11.9. The molecule has 1 atom stereocenters. The number of nitrogens with one attached hydrogen (secondary N) is 1. The van der Waals surface area contributed by atoms with Crippen LogP contribution in [0.1, 0.15) is 26.1 Å². The van der Waals surface area contributed by atoms with Crippen LogP contribution in [0, 0.1) is 5.92 Å². The number of fused-ring (bicyclic) bond motifs is 1. The summed E-state index contributed by atoms with van der Waals surface area (Å²) in [6, 6.07) is 17.7. The summed E-state index contributed by atoms with van der Waals surface area (Å²) >= 11 is 1.63. The fourth-order valence-electron chi connectivity index (χ4n) is 3.80. The van der Waals surface area contributed by atoms with E-state index in [1.54, 1.807) is 16.7 Å². The molecule has 7 heteroatoms. The molecule has 31 heavy (non-hydrogen) atoms. The van der Waals surface area contributed by atoms with Crippen molar-refractivity contribution in [1.82, 2.24) is 19.8 Å². The van der Waals surface area contributed by atoms with Crippen LogP contribution in [-0.2, 0) is 16.0 Å². The van der Waals surface area contributed by atoms with Crippen LogP contribution < -0.4 is 5.32 Å². The van der Waals surface area contributed by atoms with E-state index < -0.39 is 0 Å². The van der Waals surface area contributed by atoms with Crippen molar-refractivity contribution in [2.45, 2.75) is 32.7 Å². The van der Waals surface area contributed by atoms with Crippen LogP contribution in [0.2, 0.25) is 0 Å². The van der Waals surface area contributed by atoms with Crippen molar-refractivity contribution >= 4 is 34.6 Å². The van der Waals surface area contributed by atoms with Gasteiger partial charge in [-0.2, -0.15) is 0 Å². The average Bonchev–Trinajstić information content (AvgIpc) is 3.41. The van der Waals surface area contributed by atoms with Gasteiger partial charge in [0.25, 0.3) is 0 Å². The standard InChI is InChI=1S/C24H28N4O2S/c1-17(2)14-25-24(30)21-15-31-16-27(21)23(29)13-12-22-26-19-10-6-7-11-20(19)28(22)18-8-4-3-5-9-18/h3-11,17,21H,12-16H2,1-2H3,(H,25,30). The van der Waals surface area contributed by atoms with Gasteiger partial charge in [-0.3, -0.25) is 14.2 Å². The topological polar surface area (TPSA) is 67.2 Å². The van der Waals surface area contributed by atoms with E-state index in [1.807, 2.05) is 54.6 Å². The predicted molar refractivity (Wildman–Crippen MR) is 125 cm³/mol. The van der Waals surface area contributed by atoms with Crippen LogP contribution >= 0.6 is 11.8 Å². The molecule has 0 spiro atoms. The van der Waals surface area contributed by atoms with Gasteiger partial charge in [0.05, 0.1) is 16.9 Å². The lowest BCUT2D eigenvalue weighted by Gasteiger charge is -2.23. The Morgan fingerprint density at radius 3 is 2.65 bits per heavy atom. The van der Waals surface area contributed by atoms with Crippen molar-refractivity contribution in [1.29, 1.82) is 0 Å². The second-order valence-corrected chi connectivity index (χ2v) is 9.21. The molecule has 2 heterocycles. The van der Waals surface area contributed by atoms with Gasteiger partial charge in [0.1, 0.15) is 11.9 Å². The summed E-state index contributed by atoms with van der Waals surface area (Å²) in [5, 5.41) is 2.97. The molecule has 1 unspecified atom stereocenters. The number of para-hydroxylation sites is 3. The summed E-state index contributed by atoms with van der Waals surface area (Å²) in [4.78, 5) is 32.1. The molecular formula is C24H28N4O2S. The second-order valence-electron chi connectivity index (χ2n) is 8.21.